The van der Waals surface area contributed by atoms with E-state index in [1.165, 1.54) is 12.5 Å². The molecule has 12 heavy (non-hydrogen) atoms. The average molecular weight is 163 g/mol. The number of hydrogen-bond donors (Lipinski definition) is 1. The molecule has 0 aromatic carbocycles. The Morgan fingerprint density at radius 2 is 2.42 bits per heavy atom. The van der Waals surface area contributed by atoms with Crippen LogP contribution in [-0.4, -0.2) is 11.9 Å². The molecule has 1 saturated carbocycles. The van der Waals surface area contributed by atoms with Crippen LogP contribution in [0.1, 0.15) is 19.3 Å². The number of rotatable bonds is 3. The molecule has 0 spiro atoms. The third-order valence-electron chi connectivity index (χ3n) is 2.28. The van der Waals surface area contributed by atoms with Crippen LogP contribution in [0, 0.1) is 18.3 Å². The summed E-state index contributed by atoms with van der Waals surface area (Å²) in [5.74, 6) is 2.90. The zero-order valence-corrected chi connectivity index (χ0v) is 7.05. The standard InChI is InChI=1S/C10H13NO/c1-3-9(8-6-5-7-8)11-10(12)4-2/h1,4,8-9H,2,5-7H2,(H,11,12)/t9-/m0/s1. The zero-order valence-electron chi connectivity index (χ0n) is 7.05. The van der Waals surface area contributed by atoms with Crippen molar-refractivity contribution in [2.45, 2.75) is 25.3 Å². The van der Waals surface area contributed by atoms with Crippen LogP contribution in [0.3, 0.4) is 0 Å². The Kier molecular flexibility index (Phi) is 2.93. The summed E-state index contributed by atoms with van der Waals surface area (Å²) in [4.78, 5) is 10.9. The number of terminal acetylenes is 1. The van der Waals surface area contributed by atoms with Crippen LogP contribution in [0.5, 0.6) is 0 Å². The summed E-state index contributed by atoms with van der Waals surface area (Å²) >= 11 is 0. The van der Waals surface area contributed by atoms with Gasteiger partial charge in [0.25, 0.3) is 0 Å². The van der Waals surface area contributed by atoms with Crippen molar-refractivity contribution >= 4 is 5.91 Å². The summed E-state index contributed by atoms with van der Waals surface area (Å²) in [7, 11) is 0. The van der Waals surface area contributed by atoms with Gasteiger partial charge in [-0.3, -0.25) is 4.79 Å². The first-order valence-corrected chi connectivity index (χ1v) is 4.17. The van der Waals surface area contributed by atoms with E-state index in [-0.39, 0.29) is 11.9 Å². The van der Waals surface area contributed by atoms with Crippen molar-refractivity contribution in [3.05, 3.63) is 12.7 Å². The lowest BCUT2D eigenvalue weighted by Crippen LogP contribution is -2.41. The third kappa shape index (κ3) is 1.88. The SMILES string of the molecule is C#C[C@H](NC(=O)C=C)C1CCC1. The van der Waals surface area contributed by atoms with E-state index in [9.17, 15) is 4.79 Å². The molecule has 1 N–H and O–H groups in total. The van der Waals surface area contributed by atoms with Crippen molar-refractivity contribution in [2.75, 3.05) is 0 Å². The molecule has 1 atom stereocenters. The number of amides is 1. The van der Waals surface area contributed by atoms with E-state index in [0.29, 0.717) is 5.92 Å². The molecule has 0 saturated heterocycles. The van der Waals surface area contributed by atoms with Crippen molar-refractivity contribution in [1.82, 2.24) is 5.32 Å². The molecule has 0 aliphatic heterocycles. The lowest BCUT2D eigenvalue weighted by atomic mass is 9.80. The van der Waals surface area contributed by atoms with Gasteiger partial charge < -0.3 is 5.32 Å². The Hall–Kier alpha value is -1.23. The van der Waals surface area contributed by atoms with E-state index in [1.54, 1.807) is 0 Å². The second-order valence-corrected chi connectivity index (χ2v) is 3.05. The van der Waals surface area contributed by atoms with Gasteiger partial charge in [-0.25, -0.2) is 0 Å². The van der Waals surface area contributed by atoms with E-state index in [4.69, 9.17) is 6.42 Å². The fraction of sp³-hybridized carbons (Fsp3) is 0.500. The first-order chi connectivity index (χ1) is 5.77. The topological polar surface area (TPSA) is 29.1 Å². The molecule has 0 unspecified atom stereocenters. The molecule has 1 aliphatic carbocycles. The highest BCUT2D eigenvalue weighted by Gasteiger charge is 2.26. The maximum atomic E-state index is 10.9. The lowest BCUT2D eigenvalue weighted by molar-refractivity contribution is -0.117. The number of carbonyl (C=O) groups excluding carboxylic acids is 1. The zero-order chi connectivity index (χ0) is 8.97. The molecule has 0 radical (unpaired) electrons. The van der Waals surface area contributed by atoms with Gasteiger partial charge in [0.2, 0.25) is 5.91 Å². The van der Waals surface area contributed by atoms with Gasteiger partial charge in [0.15, 0.2) is 0 Å². The highest BCUT2D eigenvalue weighted by Crippen LogP contribution is 2.29. The summed E-state index contributed by atoms with van der Waals surface area (Å²) in [6.45, 7) is 3.37. The summed E-state index contributed by atoms with van der Waals surface area (Å²) in [6, 6.07) is -0.0933. The van der Waals surface area contributed by atoms with E-state index in [0.717, 1.165) is 12.8 Å². The number of carbonyl (C=O) groups is 1. The molecule has 2 heteroatoms. The highest BCUT2D eigenvalue weighted by molar-refractivity contribution is 5.87. The molecule has 64 valence electrons. The Labute approximate surface area is 73.0 Å². The predicted octanol–water partition coefficient (Wildman–Crippen LogP) is 1.09. The summed E-state index contributed by atoms with van der Waals surface area (Å²) in [5, 5.41) is 2.73. The molecule has 0 aromatic heterocycles. The van der Waals surface area contributed by atoms with Crippen molar-refractivity contribution in [3.8, 4) is 12.3 Å². The van der Waals surface area contributed by atoms with Crippen LogP contribution in [0.4, 0.5) is 0 Å². The molecule has 0 heterocycles. The predicted molar refractivity (Wildman–Crippen MR) is 48.3 cm³/mol. The first-order valence-electron chi connectivity index (χ1n) is 4.17. The van der Waals surface area contributed by atoms with Crippen LogP contribution in [0.2, 0.25) is 0 Å². The van der Waals surface area contributed by atoms with Crippen LogP contribution < -0.4 is 5.32 Å². The first kappa shape index (κ1) is 8.86. The summed E-state index contributed by atoms with van der Waals surface area (Å²) in [5.41, 5.74) is 0. The largest absolute Gasteiger partial charge is 0.339 e. The summed E-state index contributed by atoms with van der Waals surface area (Å²) < 4.78 is 0. The smallest absolute Gasteiger partial charge is 0.244 e. The Bertz CT molecular complexity index is 222. The molecule has 1 rings (SSSR count). The minimum absolute atomic E-state index is 0.0933. The van der Waals surface area contributed by atoms with E-state index in [1.807, 2.05) is 0 Å². The molecule has 2 nitrogen and oxygen atoms in total. The number of hydrogen-bond acceptors (Lipinski definition) is 1. The van der Waals surface area contributed by atoms with Gasteiger partial charge >= 0.3 is 0 Å². The third-order valence-corrected chi connectivity index (χ3v) is 2.28. The van der Waals surface area contributed by atoms with Gasteiger partial charge in [0.05, 0.1) is 6.04 Å². The maximum absolute atomic E-state index is 10.9. The second kappa shape index (κ2) is 3.96. The van der Waals surface area contributed by atoms with Crippen LogP contribution in [0.15, 0.2) is 12.7 Å². The Balaban J connectivity index is 2.40. The second-order valence-electron chi connectivity index (χ2n) is 3.05. The minimum atomic E-state index is -0.176. The quantitative estimate of drug-likeness (QED) is 0.489. The normalized spacial score (nSPS) is 18.6. The number of nitrogens with one attached hydrogen (secondary N) is 1. The van der Waals surface area contributed by atoms with Crippen molar-refractivity contribution < 1.29 is 4.79 Å². The van der Waals surface area contributed by atoms with Gasteiger partial charge in [0, 0.05) is 0 Å². The van der Waals surface area contributed by atoms with Crippen molar-refractivity contribution in [2.24, 2.45) is 5.92 Å². The Morgan fingerprint density at radius 1 is 1.75 bits per heavy atom. The molecular formula is C10H13NO. The van der Waals surface area contributed by atoms with Gasteiger partial charge in [0.1, 0.15) is 0 Å². The molecule has 1 fully saturated rings. The van der Waals surface area contributed by atoms with E-state index in [2.05, 4.69) is 17.8 Å². The molecule has 1 amide bonds. The van der Waals surface area contributed by atoms with Crippen LogP contribution in [0.25, 0.3) is 0 Å². The van der Waals surface area contributed by atoms with Crippen LogP contribution in [-0.2, 0) is 4.79 Å². The maximum Gasteiger partial charge on any atom is 0.244 e. The van der Waals surface area contributed by atoms with Gasteiger partial charge in [-0.1, -0.05) is 18.9 Å². The van der Waals surface area contributed by atoms with E-state index < -0.39 is 0 Å². The minimum Gasteiger partial charge on any atom is -0.339 e. The van der Waals surface area contributed by atoms with Gasteiger partial charge in [-0.05, 0) is 24.8 Å². The Morgan fingerprint density at radius 3 is 2.75 bits per heavy atom. The lowest BCUT2D eigenvalue weighted by Gasteiger charge is -2.30. The molecular weight excluding hydrogens is 150 g/mol. The van der Waals surface area contributed by atoms with Crippen LogP contribution >= 0.6 is 0 Å². The fourth-order valence-electron chi connectivity index (χ4n) is 1.28. The van der Waals surface area contributed by atoms with Crippen molar-refractivity contribution in [1.29, 1.82) is 0 Å². The van der Waals surface area contributed by atoms with E-state index >= 15 is 0 Å². The monoisotopic (exact) mass is 163 g/mol. The van der Waals surface area contributed by atoms with Crippen molar-refractivity contribution in [3.63, 3.8) is 0 Å². The summed E-state index contributed by atoms with van der Waals surface area (Å²) in [6.07, 6.45) is 10.0. The molecule has 1 aliphatic rings. The average Bonchev–Trinajstić information content (AvgIpc) is 1.99. The fourth-order valence-corrected chi connectivity index (χ4v) is 1.28. The molecule has 0 bridgehead atoms. The van der Waals surface area contributed by atoms with Gasteiger partial charge in [-0.2, -0.15) is 0 Å². The van der Waals surface area contributed by atoms with Gasteiger partial charge in [-0.15, -0.1) is 6.42 Å². The molecule has 0 aromatic rings. The highest BCUT2D eigenvalue weighted by atomic mass is 16.1.